The van der Waals surface area contributed by atoms with Crippen LogP contribution in [-0.4, -0.2) is 36.1 Å². The Bertz CT molecular complexity index is 575. The van der Waals surface area contributed by atoms with Crippen molar-refractivity contribution in [3.05, 3.63) is 35.4 Å². The number of nitrogens with zero attached hydrogens (tertiary/aromatic N) is 1. The third-order valence-corrected chi connectivity index (χ3v) is 4.22. The van der Waals surface area contributed by atoms with Gasteiger partial charge in [-0.15, -0.1) is 0 Å². The molecular formula is C15H18F2N2O2. The fourth-order valence-electron chi connectivity index (χ4n) is 2.97. The fourth-order valence-corrected chi connectivity index (χ4v) is 2.97. The van der Waals surface area contributed by atoms with Crippen LogP contribution >= 0.6 is 0 Å². The highest BCUT2D eigenvalue weighted by Gasteiger charge is 2.60. The Balaban J connectivity index is 1.96. The number of nitrogens with one attached hydrogen (secondary N) is 1. The maximum atomic E-state index is 14.1. The first-order valence-electron chi connectivity index (χ1n) is 7.03. The second-order valence-corrected chi connectivity index (χ2v) is 5.81. The molecule has 4 nitrogen and oxygen atoms in total. The number of rotatable bonds is 4. The smallest absolute Gasteiger partial charge is 0.244 e. The van der Waals surface area contributed by atoms with Crippen molar-refractivity contribution in [2.45, 2.75) is 37.5 Å². The maximum Gasteiger partial charge on any atom is 0.244 e. The van der Waals surface area contributed by atoms with Gasteiger partial charge in [0.15, 0.2) is 0 Å². The first-order valence-corrected chi connectivity index (χ1v) is 7.03. The molecule has 6 heteroatoms. The second kappa shape index (κ2) is 5.03. The topological polar surface area (TPSA) is 41.6 Å². The molecule has 2 unspecified atom stereocenters. The third-order valence-electron chi connectivity index (χ3n) is 4.22. The number of hydrogen-bond acceptors (Lipinski definition) is 3. The molecule has 1 aliphatic carbocycles. The van der Waals surface area contributed by atoms with E-state index in [1.54, 1.807) is 12.0 Å². The number of benzene rings is 1. The fraction of sp³-hybridized carbons (Fsp3) is 0.533. The van der Waals surface area contributed by atoms with Crippen molar-refractivity contribution in [2.75, 3.05) is 13.7 Å². The number of halogens is 2. The highest BCUT2D eigenvalue weighted by Crippen LogP contribution is 2.47. The molecule has 2 aliphatic rings. The molecule has 1 amide bonds. The number of ether oxygens (including phenoxy) is 1. The first kappa shape index (κ1) is 14.4. The summed E-state index contributed by atoms with van der Waals surface area (Å²) in [6.07, 6.45) is 0.925. The van der Waals surface area contributed by atoms with Crippen molar-refractivity contribution in [3.63, 3.8) is 0 Å². The van der Waals surface area contributed by atoms with Crippen LogP contribution in [-0.2, 0) is 9.53 Å². The number of carbonyl (C=O) groups is 1. The average Bonchev–Trinajstić information content (AvgIpc) is 3.13. The van der Waals surface area contributed by atoms with Gasteiger partial charge in [0.1, 0.15) is 23.3 Å². The van der Waals surface area contributed by atoms with Crippen LogP contribution in [0.15, 0.2) is 18.2 Å². The van der Waals surface area contributed by atoms with Gasteiger partial charge in [-0.3, -0.25) is 10.1 Å². The molecule has 1 N–H and O–H groups in total. The summed E-state index contributed by atoms with van der Waals surface area (Å²) in [6, 6.07) is 3.26. The van der Waals surface area contributed by atoms with Crippen molar-refractivity contribution < 1.29 is 18.3 Å². The zero-order valence-electron chi connectivity index (χ0n) is 12.0. The van der Waals surface area contributed by atoms with Crippen molar-refractivity contribution in [1.82, 2.24) is 10.2 Å². The molecule has 1 aliphatic heterocycles. The summed E-state index contributed by atoms with van der Waals surface area (Å²) in [5.41, 5.74) is -0.274. The van der Waals surface area contributed by atoms with Crippen molar-refractivity contribution in [2.24, 2.45) is 0 Å². The standard InChI is InChI=1S/C15H18F2N2O2/c1-9(8-21-2)19-13(18-15(5-6-15)14(19)20)11-4-3-10(16)7-12(11)17/h3-4,7,9,13,18H,5-6,8H2,1-2H3. The summed E-state index contributed by atoms with van der Waals surface area (Å²) in [4.78, 5) is 14.2. The molecule has 3 rings (SSSR count). The number of hydrogen-bond donors (Lipinski definition) is 1. The van der Waals surface area contributed by atoms with Crippen molar-refractivity contribution in [1.29, 1.82) is 0 Å². The van der Waals surface area contributed by atoms with E-state index >= 15 is 0 Å². The molecule has 1 aromatic rings. The van der Waals surface area contributed by atoms with Crippen LogP contribution in [0.4, 0.5) is 8.78 Å². The molecule has 1 saturated carbocycles. The minimum atomic E-state index is -0.646. The molecule has 2 atom stereocenters. The molecule has 0 radical (unpaired) electrons. The maximum absolute atomic E-state index is 14.1. The highest BCUT2D eigenvalue weighted by molar-refractivity contribution is 5.92. The molecule has 1 saturated heterocycles. The minimum Gasteiger partial charge on any atom is -0.383 e. The molecule has 0 bridgehead atoms. The van der Waals surface area contributed by atoms with E-state index in [2.05, 4.69) is 5.32 Å². The molecule has 2 fully saturated rings. The van der Waals surface area contributed by atoms with Crippen molar-refractivity contribution >= 4 is 5.91 Å². The summed E-state index contributed by atoms with van der Waals surface area (Å²) < 4.78 is 32.3. The van der Waals surface area contributed by atoms with Gasteiger partial charge in [0, 0.05) is 18.7 Å². The van der Waals surface area contributed by atoms with Crippen LogP contribution in [0.5, 0.6) is 0 Å². The summed E-state index contributed by atoms with van der Waals surface area (Å²) in [6.45, 7) is 2.22. The summed E-state index contributed by atoms with van der Waals surface area (Å²) >= 11 is 0. The van der Waals surface area contributed by atoms with Gasteiger partial charge in [-0.25, -0.2) is 8.78 Å². The SMILES string of the molecule is COCC(C)N1C(=O)C2(CC2)NC1c1ccc(F)cc1F. The lowest BCUT2D eigenvalue weighted by atomic mass is 10.1. The van der Waals surface area contributed by atoms with Gasteiger partial charge < -0.3 is 9.64 Å². The summed E-state index contributed by atoms with van der Waals surface area (Å²) in [5, 5.41) is 3.22. The van der Waals surface area contributed by atoms with Crippen LogP contribution in [0.3, 0.4) is 0 Å². The predicted octanol–water partition coefficient (Wildman–Crippen LogP) is 1.96. The van der Waals surface area contributed by atoms with Crippen LogP contribution in [0.2, 0.25) is 0 Å². The van der Waals surface area contributed by atoms with Gasteiger partial charge in [0.2, 0.25) is 5.91 Å². The van der Waals surface area contributed by atoms with Gasteiger partial charge in [0.05, 0.1) is 12.6 Å². The zero-order chi connectivity index (χ0) is 15.2. The predicted molar refractivity (Wildman–Crippen MR) is 72.4 cm³/mol. The number of methoxy groups -OCH3 is 1. The largest absolute Gasteiger partial charge is 0.383 e. The van der Waals surface area contributed by atoms with E-state index in [-0.39, 0.29) is 17.5 Å². The quantitative estimate of drug-likeness (QED) is 0.923. The van der Waals surface area contributed by atoms with E-state index in [4.69, 9.17) is 4.74 Å². The molecular weight excluding hydrogens is 278 g/mol. The van der Waals surface area contributed by atoms with E-state index in [0.717, 1.165) is 18.9 Å². The Morgan fingerprint density at radius 2 is 2.19 bits per heavy atom. The van der Waals surface area contributed by atoms with E-state index in [1.165, 1.54) is 12.1 Å². The minimum absolute atomic E-state index is 0.0271. The average molecular weight is 296 g/mol. The third kappa shape index (κ3) is 2.32. The van der Waals surface area contributed by atoms with Crippen LogP contribution < -0.4 is 5.32 Å². The van der Waals surface area contributed by atoms with E-state index in [0.29, 0.717) is 6.61 Å². The lowest BCUT2D eigenvalue weighted by molar-refractivity contribution is -0.133. The Hall–Kier alpha value is -1.53. The van der Waals surface area contributed by atoms with Crippen LogP contribution in [0.1, 0.15) is 31.5 Å². The number of amides is 1. The molecule has 21 heavy (non-hydrogen) atoms. The lowest BCUT2D eigenvalue weighted by Gasteiger charge is -2.30. The Kier molecular flexibility index (Phi) is 3.45. The molecule has 114 valence electrons. The summed E-state index contributed by atoms with van der Waals surface area (Å²) in [7, 11) is 1.56. The van der Waals surface area contributed by atoms with E-state index in [9.17, 15) is 13.6 Å². The zero-order valence-corrected chi connectivity index (χ0v) is 12.0. The lowest BCUT2D eigenvalue weighted by Crippen LogP contribution is -2.41. The van der Waals surface area contributed by atoms with Crippen molar-refractivity contribution in [3.8, 4) is 0 Å². The van der Waals surface area contributed by atoms with Crippen LogP contribution in [0, 0.1) is 11.6 Å². The highest BCUT2D eigenvalue weighted by atomic mass is 19.1. The Labute approximate surface area is 122 Å². The van der Waals surface area contributed by atoms with Crippen LogP contribution in [0.25, 0.3) is 0 Å². The van der Waals surface area contributed by atoms with Gasteiger partial charge in [-0.1, -0.05) is 0 Å². The molecule has 1 aromatic carbocycles. The number of carbonyl (C=O) groups excluding carboxylic acids is 1. The molecule has 0 aromatic heterocycles. The second-order valence-electron chi connectivity index (χ2n) is 5.81. The molecule has 1 heterocycles. The molecule has 1 spiro atoms. The van der Waals surface area contributed by atoms with Gasteiger partial charge >= 0.3 is 0 Å². The Morgan fingerprint density at radius 1 is 1.48 bits per heavy atom. The van der Waals surface area contributed by atoms with E-state index in [1.807, 2.05) is 6.92 Å². The Morgan fingerprint density at radius 3 is 2.76 bits per heavy atom. The first-order chi connectivity index (χ1) is 9.98. The van der Waals surface area contributed by atoms with Gasteiger partial charge in [0.25, 0.3) is 0 Å². The van der Waals surface area contributed by atoms with Gasteiger partial charge in [-0.2, -0.15) is 0 Å². The summed E-state index contributed by atoms with van der Waals surface area (Å²) in [5.74, 6) is -1.30. The monoisotopic (exact) mass is 296 g/mol. The van der Waals surface area contributed by atoms with E-state index < -0.39 is 23.3 Å². The normalized spacial score (nSPS) is 24.7. The van der Waals surface area contributed by atoms with Gasteiger partial charge in [-0.05, 0) is 31.9 Å².